The van der Waals surface area contributed by atoms with Crippen LogP contribution in [0.3, 0.4) is 0 Å². The van der Waals surface area contributed by atoms with Crippen LogP contribution in [-0.2, 0) is 10.2 Å². The Morgan fingerprint density at radius 2 is 1.75 bits per heavy atom. The molecule has 1 aromatic heterocycles. The van der Waals surface area contributed by atoms with E-state index in [0.717, 1.165) is 29.7 Å². The Balaban J connectivity index is 1.62. The Kier molecular flexibility index (Phi) is 2.53. The topological polar surface area (TPSA) is 76.2 Å². The third-order valence-corrected chi connectivity index (χ3v) is 5.30. The van der Waals surface area contributed by atoms with Crippen molar-refractivity contribution < 1.29 is 14.3 Å². The quantitative estimate of drug-likeness (QED) is 0.857. The van der Waals surface area contributed by atoms with E-state index in [1.165, 1.54) is 44.6 Å². The van der Waals surface area contributed by atoms with Crippen LogP contribution in [0.1, 0.15) is 50.3 Å². The van der Waals surface area contributed by atoms with Gasteiger partial charge in [0, 0.05) is 17.6 Å². The Hall–Kier alpha value is -1.65. The molecule has 1 N–H and O–H groups in total. The van der Waals surface area contributed by atoms with E-state index in [9.17, 15) is 4.79 Å². The van der Waals surface area contributed by atoms with Crippen molar-refractivity contribution >= 4 is 12.0 Å². The van der Waals surface area contributed by atoms with Crippen LogP contribution in [0.2, 0.25) is 0 Å². The highest BCUT2D eigenvalue weighted by molar-refractivity contribution is 5.84. The average molecular weight is 274 g/mol. The van der Waals surface area contributed by atoms with Crippen LogP contribution in [0.15, 0.2) is 10.5 Å². The molecule has 1 aromatic rings. The number of aromatic nitrogens is 2. The van der Waals surface area contributed by atoms with Crippen molar-refractivity contribution in [3.05, 3.63) is 17.9 Å². The maximum Gasteiger partial charge on any atom is 0.328 e. The van der Waals surface area contributed by atoms with Crippen molar-refractivity contribution in [1.29, 1.82) is 0 Å². The highest BCUT2D eigenvalue weighted by Crippen LogP contribution is 2.60. The number of hydrogen-bond acceptors (Lipinski definition) is 4. The number of hydrogen-bond donors (Lipinski definition) is 1. The van der Waals surface area contributed by atoms with Crippen LogP contribution in [0, 0.1) is 17.8 Å². The molecule has 4 aliphatic carbocycles. The molecule has 0 aromatic carbocycles. The van der Waals surface area contributed by atoms with E-state index in [0.29, 0.717) is 5.89 Å². The van der Waals surface area contributed by atoms with Crippen molar-refractivity contribution in [3.63, 3.8) is 0 Å². The van der Waals surface area contributed by atoms with Crippen LogP contribution < -0.4 is 0 Å². The molecule has 20 heavy (non-hydrogen) atoms. The molecule has 0 spiro atoms. The smallest absolute Gasteiger partial charge is 0.328 e. The summed E-state index contributed by atoms with van der Waals surface area (Å²) in [5.41, 5.74) is 0.0804. The fraction of sp³-hybridized carbons (Fsp3) is 0.667. The van der Waals surface area contributed by atoms with Crippen molar-refractivity contribution in [1.82, 2.24) is 10.2 Å². The molecule has 5 rings (SSSR count). The minimum Gasteiger partial charge on any atom is -0.478 e. The van der Waals surface area contributed by atoms with E-state index in [2.05, 4.69) is 10.2 Å². The largest absolute Gasteiger partial charge is 0.478 e. The number of nitrogens with zero attached hydrogens (tertiary/aromatic N) is 2. The number of carbonyl (C=O) groups is 1. The van der Waals surface area contributed by atoms with Gasteiger partial charge in [-0.2, -0.15) is 0 Å². The Labute approximate surface area is 117 Å². The summed E-state index contributed by atoms with van der Waals surface area (Å²) in [6.07, 6.45) is 10.0. The van der Waals surface area contributed by atoms with Crippen LogP contribution >= 0.6 is 0 Å². The average Bonchev–Trinajstić information content (AvgIpc) is 2.84. The summed E-state index contributed by atoms with van der Waals surface area (Å²) < 4.78 is 5.75. The molecule has 4 aliphatic rings. The third-order valence-electron chi connectivity index (χ3n) is 5.30. The zero-order chi connectivity index (χ0) is 13.7. The molecule has 4 bridgehead atoms. The van der Waals surface area contributed by atoms with Gasteiger partial charge < -0.3 is 9.52 Å². The highest BCUT2D eigenvalue weighted by Gasteiger charge is 2.54. The normalized spacial score (nSPS) is 38.7. The van der Waals surface area contributed by atoms with Crippen molar-refractivity contribution in [2.24, 2.45) is 17.8 Å². The summed E-state index contributed by atoms with van der Waals surface area (Å²) in [7, 11) is 0. The van der Waals surface area contributed by atoms with E-state index in [1.54, 1.807) is 0 Å². The van der Waals surface area contributed by atoms with Crippen molar-refractivity contribution in [2.45, 2.75) is 43.9 Å². The molecule has 0 atom stereocenters. The van der Waals surface area contributed by atoms with Gasteiger partial charge in [-0.1, -0.05) is 0 Å². The van der Waals surface area contributed by atoms with Gasteiger partial charge in [-0.3, -0.25) is 0 Å². The third kappa shape index (κ3) is 1.87. The van der Waals surface area contributed by atoms with Crippen LogP contribution in [-0.4, -0.2) is 21.3 Å². The van der Waals surface area contributed by atoms with E-state index in [-0.39, 0.29) is 5.41 Å². The monoisotopic (exact) mass is 274 g/mol. The molecule has 0 aliphatic heterocycles. The van der Waals surface area contributed by atoms with Gasteiger partial charge in [0.15, 0.2) is 0 Å². The number of carboxylic acids is 1. The second-order valence-corrected chi connectivity index (χ2v) is 6.81. The highest BCUT2D eigenvalue weighted by atomic mass is 16.4. The van der Waals surface area contributed by atoms with Crippen molar-refractivity contribution in [2.75, 3.05) is 0 Å². The Morgan fingerprint density at radius 3 is 2.30 bits per heavy atom. The predicted molar refractivity (Wildman–Crippen MR) is 70.8 cm³/mol. The van der Waals surface area contributed by atoms with Crippen LogP contribution in [0.4, 0.5) is 0 Å². The Morgan fingerprint density at radius 1 is 1.15 bits per heavy atom. The Bertz CT molecular complexity index is 540. The molecule has 106 valence electrons. The van der Waals surface area contributed by atoms with Gasteiger partial charge in [-0.15, -0.1) is 10.2 Å². The first-order valence-corrected chi connectivity index (χ1v) is 7.38. The maximum absolute atomic E-state index is 10.5. The molecule has 0 amide bonds. The van der Waals surface area contributed by atoms with Gasteiger partial charge in [0.2, 0.25) is 11.8 Å². The maximum atomic E-state index is 10.5. The van der Waals surface area contributed by atoms with E-state index in [4.69, 9.17) is 9.52 Å². The van der Waals surface area contributed by atoms with Crippen LogP contribution in [0.5, 0.6) is 0 Å². The molecule has 0 unspecified atom stereocenters. The SMILES string of the molecule is O=C(O)/C=C/c1nnc(C23CC4CC(CC(C4)C2)C3)o1. The first-order valence-electron chi connectivity index (χ1n) is 7.38. The molecule has 4 fully saturated rings. The number of aliphatic carboxylic acids is 1. The first kappa shape index (κ1) is 12.1. The molecular weight excluding hydrogens is 256 g/mol. The van der Waals surface area contributed by atoms with E-state index >= 15 is 0 Å². The summed E-state index contributed by atoms with van der Waals surface area (Å²) >= 11 is 0. The second-order valence-electron chi connectivity index (χ2n) is 6.81. The van der Waals surface area contributed by atoms with Gasteiger partial charge >= 0.3 is 5.97 Å². The molecule has 5 heteroatoms. The van der Waals surface area contributed by atoms with Crippen molar-refractivity contribution in [3.8, 4) is 0 Å². The predicted octanol–water partition coefficient (Wildman–Crippen LogP) is 2.64. The standard InChI is InChI=1S/C15H18N2O3/c18-13(19)2-1-12-16-17-14(20-12)15-6-9-3-10(7-15)5-11(4-9)8-15/h1-2,9-11H,3-8H2,(H,18,19)/b2-1+. The summed E-state index contributed by atoms with van der Waals surface area (Å²) in [5, 5.41) is 16.8. The van der Waals surface area contributed by atoms with E-state index in [1.807, 2.05) is 0 Å². The first-order chi connectivity index (χ1) is 9.63. The molecule has 0 saturated heterocycles. The summed E-state index contributed by atoms with van der Waals surface area (Å²) in [6.45, 7) is 0. The molecule has 0 radical (unpaired) electrons. The van der Waals surface area contributed by atoms with Gasteiger partial charge in [0.1, 0.15) is 0 Å². The number of rotatable bonds is 3. The number of carboxylic acid groups (broad SMARTS) is 1. The van der Waals surface area contributed by atoms with E-state index < -0.39 is 5.97 Å². The minimum atomic E-state index is -1.00. The minimum absolute atomic E-state index is 0.0804. The van der Waals surface area contributed by atoms with Gasteiger partial charge in [-0.25, -0.2) is 4.79 Å². The lowest BCUT2D eigenvalue weighted by molar-refractivity contribution is -0.131. The van der Waals surface area contributed by atoms with Gasteiger partial charge in [-0.05, 0) is 56.3 Å². The summed E-state index contributed by atoms with van der Waals surface area (Å²) in [4.78, 5) is 10.5. The lowest BCUT2D eigenvalue weighted by Gasteiger charge is -2.55. The lowest BCUT2D eigenvalue weighted by Crippen LogP contribution is -2.48. The molecule has 1 heterocycles. The van der Waals surface area contributed by atoms with Gasteiger partial charge in [0.05, 0.1) is 0 Å². The summed E-state index contributed by atoms with van der Waals surface area (Å²) in [5.74, 6) is 2.52. The zero-order valence-electron chi connectivity index (χ0n) is 11.3. The lowest BCUT2D eigenvalue weighted by atomic mass is 9.49. The molecule has 5 nitrogen and oxygen atoms in total. The zero-order valence-corrected chi connectivity index (χ0v) is 11.3. The van der Waals surface area contributed by atoms with Gasteiger partial charge in [0.25, 0.3) is 0 Å². The fourth-order valence-corrected chi connectivity index (χ4v) is 5.03. The molecule has 4 saturated carbocycles. The van der Waals surface area contributed by atoms with Crippen LogP contribution in [0.25, 0.3) is 6.08 Å². The fourth-order valence-electron chi connectivity index (χ4n) is 5.03. The second kappa shape index (κ2) is 4.17. The summed E-state index contributed by atoms with van der Waals surface area (Å²) in [6, 6.07) is 0. The molecular formula is C15H18N2O3.